The van der Waals surface area contributed by atoms with Gasteiger partial charge in [0.15, 0.2) is 0 Å². The first-order valence-electron chi connectivity index (χ1n) is 7.58. The molecule has 3 rings (SSSR count). The van der Waals surface area contributed by atoms with Gasteiger partial charge < -0.3 is 0 Å². The molecule has 0 atom stereocenters. The van der Waals surface area contributed by atoms with Crippen LogP contribution < -0.4 is 5.30 Å². The third-order valence-electron chi connectivity index (χ3n) is 4.22. The first kappa shape index (κ1) is 13.8. The molecule has 0 aliphatic heterocycles. The molecular weight excluding hydrogens is 259 g/mol. The van der Waals surface area contributed by atoms with E-state index in [1.165, 1.54) is 16.7 Å². The monoisotopic (exact) mass is 282 g/mol. The Morgan fingerprint density at radius 2 is 1.45 bits per heavy atom. The Bertz CT molecular complexity index is 617. The molecule has 20 heavy (non-hydrogen) atoms. The van der Waals surface area contributed by atoms with E-state index in [-0.39, 0.29) is 7.92 Å². The fourth-order valence-corrected chi connectivity index (χ4v) is 6.61. The molecular formula is C19H23P. The highest BCUT2D eigenvalue weighted by Gasteiger charge is 2.26. The summed E-state index contributed by atoms with van der Waals surface area (Å²) < 4.78 is 0. The van der Waals surface area contributed by atoms with Crippen LogP contribution in [0.25, 0.3) is 11.1 Å². The van der Waals surface area contributed by atoms with Crippen LogP contribution >= 0.6 is 7.92 Å². The van der Waals surface area contributed by atoms with Crippen molar-refractivity contribution >= 4 is 13.2 Å². The fraction of sp³-hybridized carbons (Fsp3) is 0.368. The zero-order chi connectivity index (χ0) is 14.3. The van der Waals surface area contributed by atoms with E-state index in [4.69, 9.17) is 0 Å². The number of hydrogen-bond donors (Lipinski definition) is 0. The SMILES string of the molecule is CC(C)P(c1cccc2c1Cc1ccccc1-2)C(C)C. The maximum atomic E-state index is 2.39. The molecule has 0 aromatic heterocycles. The van der Waals surface area contributed by atoms with Gasteiger partial charge in [-0.15, -0.1) is 0 Å². The summed E-state index contributed by atoms with van der Waals surface area (Å²) in [4.78, 5) is 0. The van der Waals surface area contributed by atoms with E-state index < -0.39 is 0 Å². The van der Waals surface area contributed by atoms with Gasteiger partial charge in [0.05, 0.1) is 0 Å². The van der Waals surface area contributed by atoms with Crippen molar-refractivity contribution in [3.05, 3.63) is 53.6 Å². The van der Waals surface area contributed by atoms with E-state index in [2.05, 4.69) is 70.2 Å². The molecule has 0 nitrogen and oxygen atoms in total. The Balaban J connectivity index is 2.13. The average molecular weight is 282 g/mol. The Morgan fingerprint density at radius 1 is 0.800 bits per heavy atom. The van der Waals surface area contributed by atoms with Crippen LogP contribution in [-0.4, -0.2) is 11.3 Å². The van der Waals surface area contributed by atoms with Crippen LogP contribution in [0.1, 0.15) is 38.8 Å². The van der Waals surface area contributed by atoms with E-state index >= 15 is 0 Å². The van der Waals surface area contributed by atoms with E-state index in [9.17, 15) is 0 Å². The van der Waals surface area contributed by atoms with Crippen LogP contribution in [0.5, 0.6) is 0 Å². The van der Waals surface area contributed by atoms with Crippen molar-refractivity contribution in [2.45, 2.75) is 45.4 Å². The van der Waals surface area contributed by atoms with Crippen molar-refractivity contribution in [1.82, 2.24) is 0 Å². The van der Waals surface area contributed by atoms with Gasteiger partial charge in [-0.05, 0) is 45.3 Å². The Kier molecular flexibility index (Phi) is 3.69. The summed E-state index contributed by atoms with van der Waals surface area (Å²) in [6.07, 6.45) is 1.12. The Morgan fingerprint density at radius 3 is 2.15 bits per heavy atom. The van der Waals surface area contributed by atoms with Gasteiger partial charge in [-0.1, -0.05) is 78.1 Å². The second kappa shape index (κ2) is 5.34. The lowest BCUT2D eigenvalue weighted by Gasteiger charge is -2.28. The number of rotatable bonds is 3. The summed E-state index contributed by atoms with van der Waals surface area (Å²) in [5, 5.41) is 1.64. The first-order chi connectivity index (χ1) is 9.59. The second-order valence-electron chi connectivity index (χ2n) is 6.23. The maximum absolute atomic E-state index is 2.39. The third-order valence-corrected chi connectivity index (χ3v) is 7.42. The molecule has 1 aliphatic rings. The number of hydrogen-bond acceptors (Lipinski definition) is 0. The zero-order valence-corrected chi connectivity index (χ0v) is 13.7. The van der Waals surface area contributed by atoms with Gasteiger partial charge >= 0.3 is 0 Å². The standard InChI is InChI=1S/C19H23P/c1-13(2)20(14(3)4)19-11-7-10-17-16-9-6-5-8-15(16)12-18(17)19/h5-11,13-14H,12H2,1-4H3. The molecule has 104 valence electrons. The van der Waals surface area contributed by atoms with Crippen LogP contribution in [0.15, 0.2) is 42.5 Å². The lowest BCUT2D eigenvalue weighted by molar-refractivity contribution is 1.02. The van der Waals surface area contributed by atoms with Crippen LogP contribution in [0, 0.1) is 0 Å². The lowest BCUT2D eigenvalue weighted by atomic mass is 10.1. The third kappa shape index (κ3) is 2.21. The molecule has 0 unspecified atom stereocenters. The molecule has 1 aliphatic carbocycles. The smallest absolute Gasteiger partial charge is 0.000711 e. The largest absolute Gasteiger partial charge is 0.0697 e. The highest BCUT2D eigenvalue weighted by Crippen LogP contribution is 2.48. The van der Waals surface area contributed by atoms with Crippen molar-refractivity contribution in [1.29, 1.82) is 0 Å². The summed E-state index contributed by atoms with van der Waals surface area (Å²) in [5.41, 5.74) is 7.53. The van der Waals surface area contributed by atoms with E-state index in [1.54, 1.807) is 10.9 Å². The summed E-state index contributed by atoms with van der Waals surface area (Å²) >= 11 is 0. The minimum absolute atomic E-state index is 0.0792. The minimum atomic E-state index is -0.0792. The normalized spacial score (nSPS) is 13.2. The summed E-state index contributed by atoms with van der Waals surface area (Å²) in [6.45, 7) is 9.53. The Labute approximate surface area is 124 Å². The van der Waals surface area contributed by atoms with Crippen LogP contribution in [-0.2, 0) is 6.42 Å². The van der Waals surface area contributed by atoms with E-state index in [0.717, 1.165) is 17.7 Å². The molecule has 0 amide bonds. The molecule has 0 N–H and O–H groups in total. The summed E-state index contributed by atoms with van der Waals surface area (Å²) in [6, 6.07) is 15.8. The highest BCUT2D eigenvalue weighted by molar-refractivity contribution is 7.67. The van der Waals surface area contributed by atoms with Gasteiger partial charge in [0, 0.05) is 0 Å². The van der Waals surface area contributed by atoms with Crippen molar-refractivity contribution < 1.29 is 0 Å². The second-order valence-corrected chi connectivity index (χ2v) is 9.59. The van der Waals surface area contributed by atoms with Gasteiger partial charge in [-0.25, -0.2) is 0 Å². The van der Waals surface area contributed by atoms with Gasteiger partial charge in [0.2, 0.25) is 0 Å². The molecule has 0 heterocycles. The predicted molar refractivity (Wildman–Crippen MR) is 91.5 cm³/mol. The minimum Gasteiger partial charge on any atom is -0.0697 e. The zero-order valence-electron chi connectivity index (χ0n) is 12.9. The quantitative estimate of drug-likeness (QED) is 0.580. The highest BCUT2D eigenvalue weighted by atomic mass is 31.1. The van der Waals surface area contributed by atoms with Crippen LogP contribution in [0.3, 0.4) is 0 Å². The fourth-order valence-electron chi connectivity index (χ4n) is 3.53. The van der Waals surface area contributed by atoms with Crippen LogP contribution in [0.2, 0.25) is 0 Å². The Hall–Kier alpha value is -1.13. The van der Waals surface area contributed by atoms with Crippen molar-refractivity contribution in [3.63, 3.8) is 0 Å². The van der Waals surface area contributed by atoms with E-state index in [1.807, 2.05) is 0 Å². The lowest BCUT2D eigenvalue weighted by Crippen LogP contribution is -2.18. The molecule has 0 saturated carbocycles. The molecule has 1 heteroatoms. The molecule has 0 radical (unpaired) electrons. The average Bonchev–Trinajstić information content (AvgIpc) is 2.78. The molecule has 0 bridgehead atoms. The number of fused-ring (bicyclic) bond motifs is 3. The van der Waals surface area contributed by atoms with E-state index in [0.29, 0.717) is 0 Å². The van der Waals surface area contributed by atoms with Crippen molar-refractivity contribution in [3.8, 4) is 11.1 Å². The molecule has 2 aromatic carbocycles. The summed E-state index contributed by atoms with van der Waals surface area (Å²) in [7, 11) is -0.0792. The molecule has 0 saturated heterocycles. The molecule has 2 aromatic rings. The van der Waals surface area contributed by atoms with Crippen molar-refractivity contribution in [2.24, 2.45) is 0 Å². The molecule has 0 spiro atoms. The molecule has 0 fully saturated rings. The van der Waals surface area contributed by atoms with Gasteiger partial charge in [0.1, 0.15) is 0 Å². The summed E-state index contributed by atoms with van der Waals surface area (Å²) in [5.74, 6) is 0. The number of benzene rings is 2. The van der Waals surface area contributed by atoms with Crippen molar-refractivity contribution in [2.75, 3.05) is 0 Å². The van der Waals surface area contributed by atoms with Gasteiger partial charge in [-0.3, -0.25) is 0 Å². The maximum Gasteiger partial charge on any atom is -0.000711 e. The topological polar surface area (TPSA) is 0 Å². The van der Waals surface area contributed by atoms with Gasteiger partial charge in [0.25, 0.3) is 0 Å². The predicted octanol–water partition coefficient (Wildman–Crippen LogP) is 5.18. The van der Waals surface area contributed by atoms with Gasteiger partial charge in [-0.2, -0.15) is 0 Å². The first-order valence-corrected chi connectivity index (χ1v) is 9.06. The van der Waals surface area contributed by atoms with Crippen LogP contribution in [0.4, 0.5) is 0 Å².